The van der Waals surface area contributed by atoms with Crippen LogP contribution >= 0.6 is 0 Å². The Hall–Kier alpha value is -2.00. The zero-order chi connectivity index (χ0) is 12.9. The number of nitrogens with one attached hydrogen (secondary N) is 1. The molecule has 0 spiro atoms. The fourth-order valence-corrected chi connectivity index (χ4v) is 2.29. The second-order valence-corrected chi connectivity index (χ2v) is 4.65. The third kappa shape index (κ3) is 3.06. The summed E-state index contributed by atoms with van der Waals surface area (Å²) in [4.78, 5) is 2.38. The molecule has 0 unspecified atom stereocenters. The van der Waals surface area contributed by atoms with Gasteiger partial charge in [0.25, 0.3) is 0 Å². The number of benzene rings is 2. The summed E-state index contributed by atoms with van der Waals surface area (Å²) in [5.74, 6) is 1.77. The van der Waals surface area contributed by atoms with Gasteiger partial charge in [-0.2, -0.15) is 0 Å². The molecule has 2 aromatic rings. The molecule has 0 radical (unpaired) electrons. The molecule has 3 nitrogen and oxygen atoms in total. The Kier molecular flexibility index (Phi) is 3.65. The van der Waals surface area contributed by atoms with Gasteiger partial charge in [0.15, 0.2) is 0 Å². The molecular formula is C16H18N2O. The third-order valence-corrected chi connectivity index (χ3v) is 3.28. The Labute approximate surface area is 113 Å². The van der Waals surface area contributed by atoms with Gasteiger partial charge in [-0.25, -0.2) is 0 Å². The summed E-state index contributed by atoms with van der Waals surface area (Å²) in [6.07, 6.45) is 0. The molecule has 1 heterocycles. The van der Waals surface area contributed by atoms with E-state index in [1.807, 2.05) is 36.4 Å². The molecule has 3 rings (SSSR count). The van der Waals surface area contributed by atoms with Gasteiger partial charge in [-0.3, -0.25) is 0 Å². The summed E-state index contributed by atoms with van der Waals surface area (Å²) >= 11 is 0. The van der Waals surface area contributed by atoms with Crippen molar-refractivity contribution in [1.29, 1.82) is 0 Å². The second kappa shape index (κ2) is 5.76. The van der Waals surface area contributed by atoms with E-state index in [0.29, 0.717) is 0 Å². The largest absolute Gasteiger partial charge is 0.457 e. The molecule has 0 saturated carbocycles. The average Bonchev–Trinajstić information content (AvgIpc) is 2.49. The van der Waals surface area contributed by atoms with Gasteiger partial charge >= 0.3 is 0 Å². The minimum Gasteiger partial charge on any atom is -0.457 e. The van der Waals surface area contributed by atoms with Crippen LogP contribution in [0.1, 0.15) is 0 Å². The standard InChI is InChI=1S/C16H18N2O/c1-2-6-15(7-3-1)19-16-8-4-5-14(13-16)18-11-9-17-10-12-18/h1-8,13,17H,9-12H2. The Morgan fingerprint density at radius 2 is 1.58 bits per heavy atom. The predicted molar refractivity (Wildman–Crippen MR) is 78.0 cm³/mol. The monoisotopic (exact) mass is 254 g/mol. The molecule has 1 fully saturated rings. The minimum atomic E-state index is 0.875. The van der Waals surface area contributed by atoms with Crippen molar-refractivity contribution in [2.45, 2.75) is 0 Å². The molecule has 2 aromatic carbocycles. The normalized spacial score (nSPS) is 15.3. The number of hydrogen-bond donors (Lipinski definition) is 1. The van der Waals surface area contributed by atoms with E-state index < -0.39 is 0 Å². The van der Waals surface area contributed by atoms with Crippen molar-refractivity contribution in [2.75, 3.05) is 31.1 Å². The van der Waals surface area contributed by atoms with Crippen LogP contribution in [-0.2, 0) is 0 Å². The van der Waals surface area contributed by atoms with E-state index in [-0.39, 0.29) is 0 Å². The second-order valence-electron chi connectivity index (χ2n) is 4.65. The van der Waals surface area contributed by atoms with Crippen molar-refractivity contribution < 1.29 is 4.74 Å². The van der Waals surface area contributed by atoms with Gasteiger partial charge in [-0.1, -0.05) is 24.3 Å². The van der Waals surface area contributed by atoms with Gasteiger partial charge in [0.2, 0.25) is 0 Å². The number of anilines is 1. The molecule has 98 valence electrons. The highest BCUT2D eigenvalue weighted by atomic mass is 16.5. The van der Waals surface area contributed by atoms with Gasteiger partial charge in [-0.15, -0.1) is 0 Å². The Balaban J connectivity index is 1.76. The van der Waals surface area contributed by atoms with Crippen LogP contribution in [0.3, 0.4) is 0 Å². The lowest BCUT2D eigenvalue weighted by molar-refractivity contribution is 0.482. The molecule has 1 aliphatic heterocycles. The van der Waals surface area contributed by atoms with Crippen molar-refractivity contribution in [3.05, 3.63) is 54.6 Å². The van der Waals surface area contributed by atoms with Crippen LogP contribution < -0.4 is 15.0 Å². The highest BCUT2D eigenvalue weighted by Crippen LogP contribution is 2.25. The molecule has 0 amide bonds. The smallest absolute Gasteiger partial charge is 0.129 e. The summed E-state index contributed by atoms with van der Waals surface area (Å²) in [6, 6.07) is 18.2. The van der Waals surface area contributed by atoms with E-state index in [9.17, 15) is 0 Å². The molecule has 1 aliphatic rings. The number of nitrogens with zero attached hydrogens (tertiary/aromatic N) is 1. The first kappa shape index (κ1) is 12.1. The zero-order valence-electron chi connectivity index (χ0n) is 10.9. The van der Waals surface area contributed by atoms with Crippen molar-refractivity contribution in [3.8, 4) is 11.5 Å². The Morgan fingerprint density at radius 1 is 0.842 bits per heavy atom. The van der Waals surface area contributed by atoms with Crippen LogP contribution in [0.5, 0.6) is 11.5 Å². The molecule has 1 N–H and O–H groups in total. The topological polar surface area (TPSA) is 24.5 Å². The number of para-hydroxylation sites is 1. The Morgan fingerprint density at radius 3 is 2.37 bits per heavy atom. The highest BCUT2D eigenvalue weighted by molar-refractivity contribution is 5.51. The van der Waals surface area contributed by atoms with Crippen LogP contribution in [-0.4, -0.2) is 26.2 Å². The molecule has 1 saturated heterocycles. The van der Waals surface area contributed by atoms with Crippen molar-refractivity contribution >= 4 is 5.69 Å². The first-order valence-electron chi connectivity index (χ1n) is 6.70. The van der Waals surface area contributed by atoms with Crippen molar-refractivity contribution in [1.82, 2.24) is 5.32 Å². The van der Waals surface area contributed by atoms with Crippen LogP contribution in [0.15, 0.2) is 54.6 Å². The van der Waals surface area contributed by atoms with Crippen LogP contribution in [0.4, 0.5) is 5.69 Å². The van der Waals surface area contributed by atoms with E-state index in [2.05, 4.69) is 28.4 Å². The quantitative estimate of drug-likeness (QED) is 0.911. The lowest BCUT2D eigenvalue weighted by Gasteiger charge is -2.29. The maximum absolute atomic E-state index is 5.87. The lowest BCUT2D eigenvalue weighted by Crippen LogP contribution is -2.43. The molecule has 3 heteroatoms. The van der Waals surface area contributed by atoms with E-state index >= 15 is 0 Å². The van der Waals surface area contributed by atoms with Crippen LogP contribution in [0, 0.1) is 0 Å². The highest BCUT2D eigenvalue weighted by Gasteiger charge is 2.10. The average molecular weight is 254 g/mol. The lowest BCUT2D eigenvalue weighted by atomic mass is 10.2. The summed E-state index contributed by atoms with van der Waals surface area (Å²) in [6.45, 7) is 4.19. The van der Waals surface area contributed by atoms with Crippen LogP contribution in [0.25, 0.3) is 0 Å². The summed E-state index contributed by atoms with van der Waals surface area (Å²) in [5.41, 5.74) is 1.23. The maximum Gasteiger partial charge on any atom is 0.129 e. The van der Waals surface area contributed by atoms with Crippen molar-refractivity contribution in [2.24, 2.45) is 0 Å². The van der Waals surface area contributed by atoms with E-state index in [1.165, 1.54) is 5.69 Å². The molecular weight excluding hydrogens is 236 g/mol. The van der Waals surface area contributed by atoms with Crippen LogP contribution in [0.2, 0.25) is 0 Å². The zero-order valence-corrected chi connectivity index (χ0v) is 10.9. The first-order valence-corrected chi connectivity index (χ1v) is 6.70. The van der Waals surface area contributed by atoms with Gasteiger partial charge < -0.3 is 15.0 Å². The number of rotatable bonds is 3. The van der Waals surface area contributed by atoms with Gasteiger partial charge in [0, 0.05) is 37.9 Å². The SMILES string of the molecule is c1ccc(Oc2cccc(N3CCNCC3)c2)cc1. The summed E-state index contributed by atoms with van der Waals surface area (Å²) in [7, 11) is 0. The molecule has 0 atom stereocenters. The van der Waals surface area contributed by atoms with Gasteiger partial charge in [-0.05, 0) is 24.3 Å². The van der Waals surface area contributed by atoms with Crippen molar-refractivity contribution in [3.63, 3.8) is 0 Å². The fourth-order valence-electron chi connectivity index (χ4n) is 2.29. The number of hydrogen-bond acceptors (Lipinski definition) is 3. The minimum absolute atomic E-state index is 0.875. The third-order valence-electron chi connectivity index (χ3n) is 3.28. The number of ether oxygens (including phenoxy) is 1. The van der Waals surface area contributed by atoms with Gasteiger partial charge in [0.1, 0.15) is 11.5 Å². The maximum atomic E-state index is 5.87. The molecule has 0 bridgehead atoms. The molecule has 0 aromatic heterocycles. The van der Waals surface area contributed by atoms with Gasteiger partial charge in [0.05, 0.1) is 0 Å². The summed E-state index contributed by atoms with van der Waals surface area (Å²) in [5, 5.41) is 3.37. The number of piperazine rings is 1. The van der Waals surface area contributed by atoms with E-state index in [4.69, 9.17) is 4.74 Å². The Bertz CT molecular complexity index is 521. The van der Waals surface area contributed by atoms with E-state index in [1.54, 1.807) is 0 Å². The molecule has 0 aliphatic carbocycles. The first-order chi connectivity index (χ1) is 9.42. The predicted octanol–water partition coefficient (Wildman–Crippen LogP) is 2.89. The molecule has 19 heavy (non-hydrogen) atoms. The summed E-state index contributed by atoms with van der Waals surface area (Å²) < 4.78 is 5.87. The van der Waals surface area contributed by atoms with E-state index in [0.717, 1.165) is 37.7 Å². The fraction of sp³-hybridized carbons (Fsp3) is 0.250.